The first-order valence-electron chi connectivity index (χ1n) is 7.20. The Morgan fingerprint density at radius 2 is 1.57 bits per heavy atom. The minimum atomic E-state index is 0.241. The summed E-state index contributed by atoms with van der Waals surface area (Å²) in [5.74, 6) is 1.41. The van der Waals surface area contributed by atoms with Crippen molar-refractivity contribution >= 4 is 21.6 Å². The van der Waals surface area contributed by atoms with Crippen molar-refractivity contribution in [3.63, 3.8) is 0 Å². The Hall–Kier alpha value is -1.48. The molecule has 0 amide bonds. The molecule has 0 aliphatic carbocycles. The monoisotopic (exact) mass is 347 g/mol. The van der Waals surface area contributed by atoms with Crippen molar-refractivity contribution in [1.29, 1.82) is 0 Å². The van der Waals surface area contributed by atoms with Crippen LogP contribution in [-0.4, -0.2) is 7.11 Å². The van der Waals surface area contributed by atoms with Crippen LogP contribution in [0.4, 0.5) is 5.69 Å². The molecule has 2 aromatic rings. The Bertz CT molecular complexity index is 593. The fraction of sp³-hybridized carbons (Fsp3) is 0.333. The van der Waals surface area contributed by atoms with Gasteiger partial charge < -0.3 is 10.1 Å². The molecule has 0 heterocycles. The van der Waals surface area contributed by atoms with E-state index in [9.17, 15) is 0 Å². The van der Waals surface area contributed by atoms with Crippen molar-refractivity contribution in [2.24, 2.45) is 0 Å². The number of ether oxygens (including phenoxy) is 1. The van der Waals surface area contributed by atoms with Gasteiger partial charge in [0.15, 0.2) is 0 Å². The highest BCUT2D eigenvalue weighted by atomic mass is 79.9. The van der Waals surface area contributed by atoms with Gasteiger partial charge in [-0.2, -0.15) is 0 Å². The summed E-state index contributed by atoms with van der Waals surface area (Å²) in [5.41, 5.74) is 3.69. The molecule has 2 nitrogen and oxygen atoms in total. The van der Waals surface area contributed by atoms with Gasteiger partial charge in [-0.1, -0.05) is 54.0 Å². The van der Waals surface area contributed by atoms with Gasteiger partial charge in [0, 0.05) is 22.3 Å². The molecule has 0 spiro atoms. The van der Waals surface area contributed by atoms with Crippen LogP contribution < -0.4 is 10.1 Å². The predicted octanol–water partition coefficient (Wildman–Crippen LogP) is 5.75. The molecule has 1 atom stereocenters. The van der Waals surface area contributed by atoms with Crippen LogP contribution in [0, 0.1) is 0 Å². The third-order valence-electron chi connectivity index (χ3n) is 3.59. The van der Waals surface area contributed by atoms with E-state index in [-0.39, 0.29) is 6.04 Å². The highest BCUT2D eigenvalue weighted by molar-refractivity contribution is 9.10. The lowest BCUT2D eigenvalue weighted by Crippen LogP contribution is -2.07. The maximum Gasteiger partial charge on any atom is 0.122 e. The number of hydrogen-bond acceptors (Lipinski definition) is 2. The maximum absolute atomic E-state index is 5.30. The smallest absolute Gasteiger partial charge is 0.122 e. The van der Waals surface area contributed by atoms with Crippen molar-refractivity contribution in [3.8, 4) is 5.75 Å². The van der Waals surface area contributed by atoms with Crippen molar-refractivity contribution in [3.05, 3.63) is 58.1 Å². The molecule has 0 radical (unpaired) electrons. The Balaban J connectivity index is 2.13. The van der Waals surface area contributed by atoms with Gasteiger partial charge in [-0.25, -0.2) is 0 Å². The van der Waals surface area contributed by atoms with Gasteiger partial charge in [0.2, 0.25) is 0 Å². The molecule has 0 aliphatic rings. The van der Waals surface area contributed by atoms with Gasteiger partial charge in [-0.15, -0.1) is 0 Å². The van der Waals surface area contributed by atoms with Crippen molar-refractivity contribution in [2.75, 3.05) is 12.4 Å². The normalized spacial score (nSPS) is 12.3. The van der Waals surface area contributed by atoms with Crippen LogP contribution in [0.1, 0.15) is 43.9 Å². The van der Waals surface area contributed by atoms with Crippen molar-refractivity contribution in [1.82, 2.24) is 0 Å². The largest absolute Gasteiger partial charge is 0.497 e. The fourth-order valence-electron chi connectivity index (χ4n) is 2.27. The van der Waals surface area contributed by atoms with Gasteiger partial charge >= 0.3 is 0 Å². The molecule has 1 unspecified atom stereocenters. The molecule has 0 bridgehead atoms. The van der Waals surface area contributed by atoms with E-state index >= 15 is 0 Å². The topological polar surface area (TPSA) is 21.3 Å². The molecular weight excluding hydrogens is 326 g/mol. The quantitative estimate of drug-likeness (QED) is 0.742. The zero-order valence-corrected chi connectivity index (χ0v) is 14.6. The van der Waals surface area contributed by atoms with Crippen LogP contribution >= 0.6 is 15.9 Å². The second kappa shape index (κ2) is 6.99. The van der Waals surface area contributed by atoms with E-state index in [2.05, 4.69) is 72.3 Å². The van der Waals surface area contributed by atoms with Gasteiger partial charge in [0.05, 0.1) is 7.11 Å². The molecule has 0 fully saturated rings. The Morgan fingerprint density at radius 3 is 2.14 bits per heavy atom. The van der Waals surface area contributed by atoms with E-state index in [0.29, 0.717) is 5.92 Å². The standard InChI is InChI=1S/C18H22BrNO/c1-12(2)14-5-7-15(8-6-14)13(3)20-17-9-16(19)10-18(11-17)21-4/h5-13,20H,1-4H3. The SMILES string of the molecule is COc1cc(Br)cc(NC(C)c2ccc(C(C)C)cc2)c1. The third-order valence-corrected chi connectivity index (χ3v) is 4.05. The second-order valence-corrected chi connectivity index (χ2v) is 6.48. The summed E-state index contributed by atoms with van der Waals surface area (Å²) in [7, 11) is 1.68. The summed E-state index contributed by atoms with van der Waals surface area (Å²) in [6, 6.07) is 15.1. The first kappa shape index (κ1) is 15.9. The lowest BCUT2D eigenvalue weighted by atomic mass is 9.99. The van der Waals surface area contributed by atoms with Gasteiger partial charge in [0.25, 0.3) is 0 Å². The zero-order valence-electron chi connectivity index (χ0n) is 13.0. The number of nitrogens with one attached hydrogen (secondary N) is 1. The van der Waals surface area contributed by atoms with Crippen molar-refractivity contribution in [2.45, 2.75) is 32.7 Å². The molecule has 3 heteroatoms. The molecule has 21 heavy (non-hydrogen) atoms. The number of rotatable bonds is 5. The zero-order chi connectivity index (χ0) is 15.4. The summed E-state index contributed by atoms with van der Waals surface area (Å²) >= 11 is 3.51. The fourth-order valence-corrected chi connectivity index (χ4v) is 2.74. The number of benzene rings is 2. The first-order chi connectivity index (χ1) is 9.99. The molecule has 1 N–H and O–H groups in total. The van der Waals surface area contributed by atoms with Gasteiger partial charge in [0.1, 0.15) is 5.75 Å². The second-order valence-electron chi connectivity index (χ2n) is 5.57. The Morgan fingerprint density at radius 1 is 0.952 bits per heavy atom. The molecule has 0 saturated heterocycles. The van der Waals surface area contributed by atoms with Crippen LogP contribution in [0.25, 0.3) is 0 Å². The van der Waals surface area contributed by atoms with Crippen LogP contribution in [0.2, 0.25) is 0 Å². The lowest BCUT2D eigenvalue weighted by Gasteiger charge is -2.17. The average molecular weight is 348 g/mol. The summed E-state index contributed by atoms with van der Waals surface area (Å²) in [4.78, 5) is 0. The van der Waals surface area contributed by atoms with Gasteiger partial charge in [-0.05, 0) is 36.1 Å². The van der Waals surface area contributed by atoms with E-state index in [1.165, 1.54) is 11.1 Å². The highest BCUT2D eigenvalue weighted by Crippen LogP contribution is 2.28. The number of hydrogen-bond donors (Lipinski definition) is 1. The lowest BCUT2D eigenvalue weighted by molar-refractivity contribution is 0.414. The van der Waals surface area contributed by atoms with E-state index in [1.54, 1.807) is 7.11 Å². The van der Waals surface area contributed by atoms with Crippen LogP contribution in [0.3, 0.4) is 0 Å². The maximum atomic E-state index is 5.30. The average Bonchev–Trinajstić information content (AvgIpc) is 2.46. The molecule has 0 aliphatic heterocycles. The summed E-state index contributed by atoms with van der Waals surface area (Å²) in [6.07, 6.45) is 0. The summed E-state index contributed by atoms with van der Waals surface area (Å²) in [6.45, 7) is 6.59. The van der Waals surface area contributed by atoms with E-state index in [4.69, 9.17) is 4.74 Å². The summed E-state index contributed by atoms with van der Waals surface area (Å²) < 4.78 is 6.30. The predicted molar refractivity (Wildman–Crippen MR) is 93.3 cm³/mol. The van der Waals surface area contributed by atoms with Crippen LogP contribution in [0.5, 0.6) is 5.75 Å². The van der Waals surface area contributed by atoms with E-state index in [0.717, 1.165) is 15.9 Å². The van der Waals surface area contributed by atoms with E-state index in [1.807, 2.05) is 12.1 Å². The molecular formula is C18H22BrNO. The molecule has 2 aromatic carbocycles. The van der Waals surface area contributed by atoms with Crippen LogP contribution in [0.15, 0.2) is 46.9 Å². The number of methoxy groups -OCH3 is 1. The molecule has 0 aromatic heterocycles. The Kier molecular flexibility index (Phi) is 5.29. The third kappa shape index (κ3) is 4.24. The molecule has 112 valence electrons. The molecule has 0 saturated carbocycles. The van der Waals surface area contributed by atoms with Gasteiger partial charge in [-0.3, -0.25) is 0 Å². The van der Waals surface area contributed by atoms with Crippen LogP contribution in [-0.2, 0) is 0 Å². The number of anilines is 1. The number of halogens is 1. The minimum absolute atomic E-state index is 0.241. The highest BCUT2D eigenvalue weighted by Gasteiger charge is 2.08. The first-order valence-corrected chi connectivity index (χ1v) is 8.00. The summed E-state index contributed by atoms with van der Waals surface area (Å²) in [5, 5.41) is 3.51. The molecule has 2 rings (SSSR count). The Labute approximate surface area is 135 Å². The van der Waals surface area contributed by atoms with Crippen molar-refractivity contribution < 1.29 is 4.74 Å². The van der Waals surface area contributed by atoms with E-state index < -0.39 is 0 Å². The minimum Gasteiger partial charge on any atom is -0.497 e.